The molecule has 0 spiro atoms. The van der Waals surface area contributed by atoms with E-state index in [1.165, 1.54) is 12.8 Å². The van der Waals surface area contributed by atoms with Gasteiger partial charge in [-0.2, -0.15) is 0 Å². The molecule has 1 heterocycles. The summed E-state index contributed by atoms with van der Waals surface area (Å²) in [6.07, 6.45) is 5.47. The Morgan fingerprint density at radius 2 is 2.33 bits per heavy atom. The van der Waals surface area contributed by atoms with E-state index < -0.39 is 5.97 Å². The minimum absolute atomic E-state index is 0.0705. The first-order valence-electron chi connectivity index (χ1n) is 6.48. The summed E-state index contributed by atoms with van der Waals surface area (Å²) in [6, 6.07) is 0.153. The highest BCUT2D eigenvalue weighted by Crippen LogP contribution is 2.08. The predicted octanol–water partition coefficient (Wildman–Crippen LogP) is 1.59. The summed E-state index contributed by atoms with van der Waals surface area (Å²) in [7, 11) is 0. The van der Waals surface area contributed by atoms with Crippen LogP contribution in [0.1, 0.15) is 51.3 Å². The van der Waals surface area contributed by atoms with Crippen LogP contribution in [0.2, 0.25) is 0 Å². The Balaban J connectivity index is 2.34. The number of hydrogen-bond donors (Lipinski definition) is 2. The van der Waals surface area contributed by atoms with Gasteiger partial charge < -0.3 is 10.4 Å². The molecular formula is C12H22N4O2. The van der Waals surface area contributed by atoms with Gasteiger partial charge in [-0.15, -0.1) is 5.10 Å². The Morgan fingerprint density at radius 3 is 3.00 bits per heavy atom. The molecular weight excluding hydrogens is 232 g/mol. The number of rotatable bonds is 9. The third kappa shape index (κ3) is 5.27. The van der Waals surface area contributed by atoms with E-state index in [-0.39, 0.29) is 12.5 Å². The molecule has 0 aromatic carbocycles. The molecule has 0 radical (unpaired) electrons. The second-order valence-electron chi connectivity index (χ2n) is 4.43. The lowest BCUT2D eigenvalue weighted by Crippen LogP contribution is -2.20. The molecule has 0 aliphatic rings. The average Bonchev–Trinajstić information content (AvgIpc) is 2.80. The summed E-state index contributed by atoms with van der Waals surface area (Å²) < 4.78 is 1.58. The Kier molecular flexibility index (Phi) is 6.35. The van der Waals surface area contributed by atoms with Gasteiger partial charge in [0.25, 0.3) is 0 Å². The molecule has 6 heteroatoms. The second kappa shape index (κ2) is 7.81. The van der Waals surface area contributed by atoms with Gasteiger partial charge in [-0.3, -0.25) is 9.48 Å². The van der Waals surface area contributed by atoms with Crippen LogP contribution < -0.4 is 5.32 Å². The molecule has 102 valence electrons. The monoisotopic (exact) mass is 254 g/mol. The number of aryl methyl sites for hydroxylation is 1. The molecule has 0 amide bonds. The Labute approximate surface area is 107 Å². The summed E-state index contributed by atoms with van der Waals surface area (Å²) in [5.74, 6) is -0.821. The predicted molar refractivity (Wildman–Crippen MR) is 68.2 cm³/mol. The Bertz CT molecular complexity index is 365. The number of nitrogens with one attached hydrogen (secondary N) is 1. The standard InChI is InChI=1S/C12H22N4O2/c1-3-4-5-7-13-10(2)11-9-16(15-14-11)8-6-12(17)18/h9-10,13H,3-8H2,1-2H3,(H,17,18). The number of nitrogens with zero attached hydrogens (tertiary/aromatic N) is 3. The van der Waals surface area contributed by atoms with Crippen LogP contribution in [-0.2, 0) is 11.3 Å². The fourth-order valence-corrected chi connectivity index (χ4v) is 1.63. The van der Waals surface area contributed by atoms with Gasteiger partial charge in [-0.1, -0.05) is 25.0 Å². The molecule has 18 heavy (non-hydrogen) atoms. The molecule has 1 atom stereocenters. The minimum Gasteiger partial charge on any atom is -0.481 e. The smallest absolute Gasteiger partial charge is 0.305 e. The lowest BCUT2D eigenvalue weighted by Gasteiger charge is -2.09. The fraction of sp³-hybridized carbons (Fsp3) is 0.750. The lowest BCUT2D eigenvalue weighted by atomic mass is 10.2. The zero-order valence-electron chi connectivity index (χ0n) is 11.1. The lowest BCUT2D eigenvalue weighted by molar-refractivity contribution is -0.137. The number of carboxylic acids is 1. The van der Waals surface area contributed by atoms with E-state index in [4.69, 9.17) is 5.11 Å². The Morgan fingerprint density at radius 1 is 1.56 bits per heavy atom. The quantitative estimate of drug-likeness (QED) is 0.654. The molecule has 0 aliphatic carbocycles. The van der Waals surface area contributed by atoms with Gasteiger partial charge in [0.05, 0.1) is 30.9 Å². The first kappa shape index (κ1) is 14.6. The number of carbonyl (C=O) groups is 1. The van der Waals surface area contributed by atoms with Crippen LogP contribution in [0.5, 0.6) is 0 Å². The number of aliphatic carboxylic acids is 1. The average molecular weight is 254 g/mol. The van der Waals surface area contributed by atoms with E-state index in [0.29, 0.717) is 6.54 Å². The molecule has 0 saturated heterocycles. The van der Waals surface area contributed by atoms with Crippen molar-refractivity contribution in [2.75, 3.05) is 6.54 Å². The van der Waals surface area contributed by atoms with Crippen molar-refractivity contribution >= 4 is 5.97 Å². The van der Waals surface area contributed by atoms with Gasteiger partial charge >= 0.3 is 5.97 Å². The van der Waals surface area contributed by atoms with Gasteiger partial charge in [0.2, 0.25) is 0 Å². The van der Waals surface area contributed by atoms with Crippen molar-refractivity contribution in [1.82, 2.24) is 20.3 Å². The number of unbranched alkanes of at least 4 members (excludes halogenated alkanes) is 2. The van der Waals surface area contributed by atoms with E-state index in [0.717, 1.165) is 18.7 Å². The molecule has 2 N–H and O–H groups in total. The molecule has 1 rings (SSSR count). The third-order valence-electron chi connectivity index (χ3n) is 2.79. The van der Waals surface area contributed by atoms with Crippen LogP contribution in [0.4, 0.5) is 0 Å². The molecule has 0 bridgehead atoms. The van der Waals surface area contributed by atoms with E-state index in [9.17, 15) is 4.79 Å². The highest BCUT2D eigenvalue weighted by atomic mass is 16.4. The van der Waals surface area contributed by atoms with Gasteiger partial charge in [-0.05, 0) is 19.9 Å². The van der Waals surface area contributed by atoms with E-state index in [1.807, 2.05) is 6.92 Å². The molecule has 1 aromatic rings. The molecule has 6 nitrogen and oxygen atoms in total. The number of carboxylic acid groups (broad SMARTS) is 1. The van der Waals surface area contributed by atoms with Crippen molar-refractivity contribution in [3.63, 3.8) is 0 Å². The van der Waals surface area contributed by atoms with Gasteiger partial charge in [0, 0.05) is 0 Å². The third-order valence-corrected chi connectivity index (χ3v) is 2.79. The zero-order chi connectivity index (χ0) is 13.4. The van der Waals surface area contributed by atoms with Crippen LogP contribution in [-0.4, -0.2) is 32.6 Å². The minimum atomic E-state index is -0.821. The zero-order valence-corrected chi connectivity index (χ0v) is 11.1. The van der Waals surface area contributed by atoms with Crippen molar-refractivity contribution in [2.24, 2.45) is 0 Å². The molecule has 1 aromatic heterocycles. The van der Waals surface area contributed by atoms with E-state index >= 15 is 0 Å². The maximum atomic E-state index is 10.4. The summed E-state index contributed by atoms with van der Waals surface area (Å²) in [6.45, 7) is 5.55. The van der Waals surface area contributed by atoms with Crippen molar-refractivity contribution < 1.29 is 9.90 Å². The SMILES string of the molecule is CCCCCNC(C)c1cn(CCC(=O)O)nn1. The highest BCUT2D eigenvalue weighted by Gasteiger charge is 2.09. The summed E-state index contributed by atoms with van der Waals surface area (Å²) in [4.78, 5) is 10.4. The highest BCUT2D eigenvalue weighted by molar-refractivity contribution is 5.66. The van der Waals surface area contributed by atoms with Crippen molar-refractivity contribution in [2.45, 2.75) is 52.1 Å². The normalized spacial score (nSPS) is 12.6. The fourth-order valence-electron chi connectivity index (χ4n) is 1.63. The molecule has 0 aliphatic heterocycles. The summed E-state index contributed by atoms with van der Waals surface area (Å²) in [5.41, 5.74) is 0.858. The number of hydrogen-bond acceptors (Lipinski definition) is 4. The van der Waals surface area contributed by atoms with Gasteiger partial charge in [0.1, 0.15) is 0 Å². The molecule has 1 unspecified atom stereocenters. The van der Waals surface area contributed by atoms with Crippen LogP contribution in [0.3, 0.4) is 0 Å². The maximum absolute atomic E-state index is 10.4. The second-order valence-corrected chi connectivity index (χ2v) is 4.43. The molecule has 0 saturated carbocycles. The first-order chi connectivity index (χ1) is 8.63. The van der Waals surface area contributed by atoms with Crippen LogP contribution in [0.25, 0.3) is 0 Å². The first-order valence-corrected chi connectivity index (χ1v) is 6.48. The van der Waals surface area contributed by atoms with Crippen LogP contribution >= 0.6 is 0 Å². The largest absolute Gasteiger partial charge is 0.481 e. The summed E-state index contributed by atoms with van der Waals surface area (Å²) >= 11 is 0. The van der Waals surface area contributed by atoms with Crippen LogP contribution in [0, 0.1) is 0 Å². The van der Waals surface area contributed by atoms with Gasteiger partial charge in [0.15, 0.2) is 0 Å². The Hall–Kier alpha value is -1.43. The summed E-state index contributed by atoms with van der Waals surface area (Å²) in [5, 5.41) is 19.9. The maximum Gasteiger partial charge on any atom is 0.305 e. The van der Waals surface area contributed by atoms with Gasteiger partial charge in [-0.25, -0.2) is 0 Å². The van der Waals surface area contributed by atoms with Crippen molar-refractivity contribution in [3.05, 3.63) is 11.9 Å². The topological polar surface area (TPSA) is 80.0 Å². The van der Waals surface area contributed by atoms with E-state index in [1.54, 1.807) is 10.9 Å². The van der Waals surface area contributed by atoms with E-state index in [2.05, 4.69) is 22.6 Å². The molecule has 0 fully saturated rings. The van der Waals surface area contributed by atoms with Crippen molar-refractivity contribution in [1.29, 1.82) is 0 Å². The van der Waals surface area contributed by atoms with Crippen molar-refractivity contribution in [3.8, 4) is 0 Å². The number of aromatic nitrogens is 3. The van der Waals surface area contributed by atoms with Crippen LogP contribution in [0.15, 0.2) is 6.20 Å².